The Bertz CT molecular complexity index is 415. The van der Waals surface area contributed by atoms with Crippen LogP contribution in [0.15, 0.2) is 30.3 Å². The minimum atomic E-state index is -0.483. The molecule has 1 rings (SSSR count). The molecule has 0 aliphatic rings. The van der Waals surface area contributed by atoms with E-state index in [1.165, 1.54) is 18.2 Å². The van der Waals surface area contributed by atoms with E-state index in [-0.39, 0.29) is 18.8 Å². The van der Waals surface area contributed by atoms with E-state index in [0.29, 0.717) is 0 Å². The van der Waals surface area contributed by atoms with Crippen LogP contribution in [0, 0.1) is 11.3 Å². The highest BCUT2D eigenvalue weighted by molar-refractivity contribution is 5.87. The first-order valence-electron chi connectivity index (χ1n) is 4.73. The standard InChI is InChI=1S/C12H11NO3/c13-8-1-9-16-12(15)7-4-10-2-5-11(14)6-3-10/h2-7,14H,1,9H2. The van der Waals surface area contributed by atoms with E-state index in [4.69, 9.17) is 15.1 Å². The molecule has 0 saturated heterocycles. The van der Waals surface area contributed by atoms with Gasteiger partial charge in [-0.05, 0) is 23.8 Å². The number of rotatable bonds is 4. The zero-order valence-corrected chi connectivity index (χ0v) is 8.59. The van der Waals surface area contributed by atoms with Crippen LogP contribution >= 0.6 is 0 Å². The molecule has 4 heteroatoms. The summed E-state index contributed by atoms with van der Waals surface area (Å²) in [5.41, 5.74) is 0.787. The fraction of sp³-hybridized carbons (Fsp3) is 0.167. The molecule has 0 heterocycles. The van der Waals surface area contributed by atoms with Crippen molar-refractivity contribution >= 4 is 12.0 Å². The molecule has 0 bridgehead atoms. The summed E-state index contributed by atoms with van der Waals surface area (Å²) in [6.07, 6.45) is 3.05. The fourth-order valence-electron chi connectivity index (χ4n) is 0.995. The van der Waals surface area contributed by atoms with Gasteiger partial charge >= 0.3 is 5.97 Å². The number of carbonyl (C=O) groups excluding carboxylic acids is 1. The van der Waals surface area contributed by atoms with Crippen LogP contribution < -0.4 is 0 Å². The van der Waals surface area contributed by atoms with Crippen molar-refractivity contribution in [1.82, 2.24) is 0 Å². The van der Waals surface area contributed by atoms with E-state index < -0.39 is 5.97 Å². The maximum atomic E-state index is 11.1. The highest BCUT2D eigenvalue weighted by atomic mass is 16.5. The Labute approximate surface area is 93.4 Å². The number of hydrogen-bond donors (Lipinski definition) is 1. The highest BCUT2D eigenvalue weighted by Crippen LogP contribution is 2.10. The molecule has 0 aliphatic heterocycles. The third-order valence-electron chi connectivity index (χ3n) is 1.76. The monoisotopic (exact) mass is 217 g/mol. The first-order valence-corrected chi connectivity index (χ1v) is 4.73. The summed E-state index contributed by atoms with van der Waals surface area (Å²) >= 11 is 0. The number of ether oxygens (including phenoxy) is 1. The molecule has 0 aliphatic carbocycles. The van der Waals surface area contributed by atoms with Crippen molar-refractivity contribution in [3.05, 3.63) is 35.9 Å². The average Bonchev–Trinajstić information content (AvgIpc) is 2.29. The van der Waals surface area contributed by atoms with Gasteiger partial charge in [-0.3, -0.25) is 0 Å². The van der Waals surface area contributed by atoms with Gasteiger partial charge in [-0.2, -0.15) is 5.26 Å². The number of esters is 1. The predicted molar refractivity (Wildman–Crippen MR) is 58.3 cm³/mol. The van der Waals surface area contributed by atoms with Crippen LogP contribution in [0.3, 0.4) is 0 Å². The van der Waals surface area contributed by atoms with E-state index in [1.807, 2.05) is 6.07 Å². The molecule has 0 unspecified atom stereocenters. The van der Waals surface area contributed by atoms with Crippen molar-refractivity contribution in [3.8, 4) is 11.8 Å². The molecule has 0 atom stereocenters. The number of nitriles is 1. The lowest BCUT2D eigenvalue weighted by atomic mass is 10.2. The van der Waals surface area contributed by atoms with Crippen molar-refractivity contribution in [2.75, 3.05) is 6.61 Å². The first-order chi connectivity index (χ1) is 7.72. The van der Waals surface area contributed by atoms with Crippen LogP contribution in [-0.4, -0.2) is 17.7 Å². The predicted octanol–water partition coefficient (Wildman–Crippen LogP) is 1.86. The van der Waals surface area contributed by atoms with Gasteiger partial charge in [0, 0.05) is 6.08 Å². The molecule has 4 nitrogen and oxygen atoms in total. The second-order valence-corrected chi connectivity index (χ2v) is 3.00. The third kappa shape index (κ3) is 4.29. The molecule has 0 radical (unpaired) electrons. The number of phenolic OH excluding ortho intramolecular Hbond substituents is 1. The number of carbonyl (C=O) groups is 1. The smallest absolute Gasteiger partial charge is 0.330 e. The Morgan fingerprint density at radius 1 is 1.44 bits per heavy atom. The van der Waals surface area contributed by atoms with Gasteiger partial charge in [-0.25, -0.2) is 4.79 Å². The largest absolute Gasteiger partial charge is 0.508 e. The minimum Gasteiger partial charge on any atom is -0.508 e. The first kappa shape index (κ1) is 11.8. The number of phenols is 1. The van der Waals surface area contributed by atoms with Gasteiger partial charge < -0.3 is 9.84 Å². The Balaban J connectivity index is 2.44. The van der Waals surface area contributed by atoms with Crippen molar-refractivity contribution in [2.45, 2.75) is 6.42 Å². The molecule has 1 N–H and O–H groups in total. The molecular formula is C12H11NO3. The van der Waals surface area contributed by atoms with Gasteiger partial charge in [0.25, 0.3) is 0 Å². The molecule has 0 aromatic heterocycles. The zero-order valence-electron chi connectivity index (χ0n) is 8.59. The topological polar surface area (TPSA) is 70.3 Å². The summed E-state index contributed by atoms with van der Waals surface area (Å²) in [4.78, 5) is 11.1. The normalized spacial score (nSPS) is 9.94. The van der Waals surface area contributed by atoms with Crippen molar-refractivity contribution in [2.24, 2.45) is 0 Å². The van der Waals surface area contributed by atoms with Gasteiger partial charge in [0.1, 0.15) is 12.4 Å². The van der Waals surface area contributed by atoms with Gasteiger partial charge in [0.2, 0.25) is 0 Å². The summed E-state index contributed by atoms with van der Waals surface area (Å²) in [6.45, 7) is 0.106. The second kappa shape index (κ2) is 6.25. The Hall–Kier alpha value is -2.28. The average molecular weight is 217 g/mol. The van der Waals surface area contributed by atoms with Crippen LogP contribution in [0.1, 0.15) is 12.0 Å². The summed E-state index contributed by atoms with van der Waals surface area (Å²) in [7, 11) is 0. The Morgan fingerprint density at radius 3 is 2.75 bits per heavy atom. The number of hydrogen-bond acceptors (Lipinski definition) is 4. The Kier molecular flexibility index (Phi) is 4.61. The summed E-state index contributed by atoms with van der Waals surface area (Å²) in [5.74, 6) is -0.308. The van der Waals surface area contributed by atoms with E-state index >= 15 is 0 Å². The molecule has 0 fully saturated rings. The zero-order chi connectivity index (χ0) is 11.8. The van der Waals surface area contributed by atoms with Gasteiger partial charge in [0.15, 0.2) is 0 Å². The van der Waals surface area contributed by atoms with Crippen molar-refractivity contribution in [1.29, 1.82) is 5.26 Å². The van der Waals surface area contributed by atoms with E-state index in [2.05, 4.69) is 0 Å². The lowest BCUT2D eigenvalue weighted by Gasteiger charge is -1.97. The molecule has 0 spiro atoms. The lowest BCUT2D eigenvalue weighted by molar-refractivity contribution is -0.137. The van der Waals surface area contributed by atoms with E-state index in [1.54, 1.807) is 18.2 Å². The minimum absolute atomic E-state index is 0.106. The molecule has 1 aromatic carbocycles. The molecule has 0 amide bonds. The molecule has 1 aromatic rings. The lowest BCUT2D eigenvalue weighted by Crippen LogP contribution is -2.01. The summed E-state index contributed by atoms with van der Waals surface area (Å²) < 4.78 is 4.73. The van der Waals surface area contributed by atoms with E-state index in [0.717, 1.165) is 5.56 Å². The maximum Gasteiger partial charge on any atom is 0.330 e. The van der Waals surface area contributed by atoms with Crippen LogP contribution in [0.5, 0.6) is 5.75 Å². The molecule has 82 valence electrons. The molecule has 0 saturated carbocycles. The fourth-order valence-corrected chi connectivity index (χ4v) is 0.995. The summed E-state index contributed by atoms with van der Waals surface area (Å²) in [6, 6.07) is 8.28. The SMILES string of the molecule is N#CCCOC(=O)C=Cc1ccc(O)cc1. The van der Waals surface area contributed by atoms with Crippen molar-refractivity contribution < 1.29 is 14.6 Å². The number of aromatic hydroxyl groups is 1. The van der Waals surface area contributed by atoms with Crippen LogP contribution in [0.4, 0.5) is 0 Å². The van der Waals surface area contributed by atoms with Crippen molar-refractivity contribution in [3.63, 3.8) is 0 Å². The third-order valence-corrected chi connectivity index (χ3v) is 1.76. The Morgan fingerprint density at radius 2 is 2.12 bits per heavy atom. The van der Waals surface area contributed by atoms with Gasteiger partial charge in [0.05, 0.1) is 12.5 Å². The van der Waals surface area contributed by atoms with Crippen LogP contribution in [0.2, 0.25) is 0 Å². The van der Waals surface area contributed by atoms with E-state index in [9.17, 15) is 4.79 Å². The second-order valence-electron chi connectivity index (χ2n) is 3.00. The quantitative estimate of drug-likeness (QED) is 0.474. The van der Waals surface area contributed by atoms with Crippen LogP contribution in [-0.2, 0) is 9.53 Å². The van der Waals surface area contributed by atoms with Crippen LogP contribution in [0.25, 0.3) is 6.08 Å². The highest BCUT2D eigenvalue weighted by Gasteiger charge is 1.96. The number of nitrogens with zero attached hydrogens (tertiary/aromatic N) is 1. The summed E-state index contributed by atoms with van der Waals surface area (Å²) in [5, 5.41) is 17.3. The molecule has 16 heavy (non-hydrogen) atoms. The number of benzene rings is 1. The molecular weight excluding hydrogens is 206 g/mol. The van der Waals surface area contributed by atoms with Gasteiger partial charge in [-0.1, -0.05) is 12.1 Å². The van der Waals surface area contributed by atoms with Gasteiger partial charge in [-0.15, -0.1) is 0 Å². The maximum absolute atomic E-state index is 11.1.